The molecule has 0 saturated heterocycles. The SMILES string of the molecule is CCC=N/C(=C(\C)Cl)C1C=CC/C=C(C(=O)N(F)c2ccc(C(C)(C)COC)cc2)\C=C/1. The van der Waals surface area contributed by atoms with E-state index in [1.807, 2.05) is 51.1 Å². The number of hydrogen-bond donors (Lipinski definition) is 0. The molecule has 1 unspecified atom stereocenters. The Balaban J connectivity index is 2.22. The highest BCUT2D eigenvalue weighted by Gasteiger charge is 2.23. The van der Waals surface area contributed by atoms with Gasteiger partial charge in [-0.05, 0) is 37.5 Å². The number of nitrogens with zero attached hydrogens (tertiary/aromatic N) is 2. The summed E-state index contributed by atoms with van der Waals surface area (Å²) in [4.78, 5) is 17.3. The summed E-state index contributed by atoms with van der Waals surface area (Å²) in [5.74, 6) is -0.911. The predicted octanol–water partition coefficient (Wildman–Crippen LogP) is 6.84. The number of amides is 1. The zero-order valence-corrected chi connectivity index (χ0v) is 20.2. The van der Waals surface area contributed by atoms with Crippen LogP contribution in [0.5, 0.6) is 0 Å². The average Bonchev–Trinajstić information content (AvgIpc) is 2.74. The first kappa shape index (κ1) is 25.8. The van der Waals surface area contributed by atoms with Crippen molar-refractivity contribution in [3.63, 3.8) is 0 Å². The molecule has 0 aliphatic heterocycles. The van der Waals surface area contributed by atoms with Gasteiger partial charge in [0.25, 0.3) is 5.91 Å². The number of hydrogen-bond acceptors (Lipinski definition) is 3. The van der Waals surface area contributed by atoms with Crippen molar-refractivity contribution in [1.82, 2.24) is 0 Å². The Kier molecular flexibility index (Phi) is 9.60. The first-order valence-electron chi connectivity index (χ1n) is 10.7. The van der Waals surface area contributed by atoms with Crippen molar-refractivity contribution in [2.75, 3.05) is 18.8 Å². The van der Waals surface area contributed by atoms with E-state index in [4.69, 9.17) is 16.3 Å². The van der Waals surface area contributed by atoms with Crippen LogP contribution in [-0.2, 0) is 14.9 Å². The molecular formula is C26H32ClFN2O2. The van der Waals surface area contributed by atoms with Crippen LogP contribution in [0.25, 0.3) is 0 Å². The van der Waals surface area contributed by atoms with Gasteiger partial charge in [0.2, 0.25) is 0 Å². The molecule has 1 amide bonds. The van der Waals surface area contributed by atoms with E-state index in [0.717, 1.165) is 12.0 Å². The Morgan fingerprint density at radius 3 is 2.59 bits per heavy atom. The van der Waals surface area contributed by atoms with Crippen LogP contribution in [0.3, 0.4) is 0 Å². The lowest BCUT2D eigenvalue weighted by molar-refractivity contribution is -0.117. The second-order valence-electron chi connectivity index (χ2n) is 8.30. The van der Waals surface area contributed by atoms with Crippen molar-refractivity contribution >= 4 is 29.4 Å². The lowest BCUT2D eigenvalue weighted by Gasteiger charge is -2.24. The molecule has 0 aromatic heterocycles. The summed E-state index contributed by atoms with van der Waals surface area (Å²) >= 11 is 6.24. The monoisotopic (exact) mass is 458 g/mol. The minimum Gasteiger partial charge on any atom is -0.384 e. The fraction of sp³-hybridized carbons (Fsp3) is 0.385. The molecule has 2 rings (SSSR count). The van der Waals surface area contributed by atoms with Gasteiger partial charge in [-0.2, -0.15) is 0 Å². The first-order chi connectivity index (χ1) is 15.2. The fourth-order valence-electron chi connectivity index (χ4n) is 3.41. The van der Waals surface area contributed by atoms with Gasteiger partial charge < -0.3 is 4.74 Å². The van der Waals surface area contributed by atoms with E-state index in [1.165, 1.54) is 0 Å². The third-order valence-corrected chi connectivity index (χ3v) is 5.38. The van der Waals surface area contributed by atoms with E-state index < -0.39 is 5.91 Å². The average molecular weight is 459 g/mol. The number of ether oxygens (including phenoxy) is 1. The molecule has 1 aromatic carbocycles. The van der Waals surface area contributed by atoms with E-state index in [9.17, 15) is 9.28 Å². The molecule has 1 aromatic rings. The van der Waals surface area contributed by atoms with E-state index in [2.05, 4.69) is 4.99 Å². The summed E-state index contributed by atoms with van der Waals surface area (Å²) in [6.07, 6.45) is 12.2. The number of benzene rings is 1. The van der Waals surface area contributed by atoms with E-state index >= 15 is 0 Å². The quantitative estimate of drug-likeness (QED) is 0.243. The van der Waals surface area contributed by atoms with Gasteiger partial charge in [0.1, 0.15) is 0 Å². The Hall–Kier alpha value is -2.50. The maximum absolute atomic E-state index is 15.0. The van der Waals surface area contributed by atoms with Crippen molar-refractivity contribution in [2.24, 2.45) is 10.9 Å². The molecule has 1 aliphatic carbocycles. The van der Waals surface area contributed by atoms with Crippen LogP contribution in [0, 0.1) is 5.92 Å². The molecule has 0 N–H and O–H groups in total. The Bertz CT molecular complexity index is 939. The molecule has 0 bridgehead atoms. The number of carbonyl (C=O) groups excluding carboxylic acids is 1. The zero-order chi connectivity index (χ0) is 23.7. The van der Waals surface area contributed by atoms with E-state index in [1.54, 1.807) is 44.5 Å². The van der Waals surface area contributed by atoms with Crippen LogP contribution in [0.1, 0.15) is 46.1 Å². The largest absolute Gasteiger partial charge is 0.384 e. The fourth-order valence-corrected chi connectivity index (χ4v) is 3.59. The molecule has 0 saturated carbocycles. The van der Waals surface area contributed by atoms with Crippen LogP contribution < -0.4 is 5.12 Å². The summed E-state index contributed by atoms with van der Waals surface area (Å²) in [5, 5.41) is 0.762. The summed E-state index contributed by atoms with van der Waals surface area (Å²) in [6, 6.07) is 6.86. The molecule has 4 nitrogen and oxygen atoms in total. The Morgan fingerprint density at radius 2 is 2.00 bits per heavy atom. The second-order valence-corrected chi connectivity index (χ2v) is 8.86. The summed E-state index contributed by atoms with van der Waals surface area (Å²) in [5.41, 5.74) is 1.96. The lowest BCUT2D eigenvalue weighted by Crippen LogP contribution is -2.25. The highest BCUT2D eigenvalue weighted by atomic mass is 35.5. The Morgan fingerprint density at radius 1 is 1.31 bits per heavy atom. The molecular weight excluding hydrogens is 427 g/mol. The number of rotatable bonds is 8. The van der Waals surface area contributed by atoms with Crippen molar-refractivity contribution in [3.8, 4) is 0 Å². The molecule has 6 heteroatoms. The van der Waals surface area contributed by atoms with E-state index in [-0.39, 0.29) is 27.7 Å². The number of aliphatic imine (C=N–C) groups is 1. The third kappa shape index (κ3) is 6.75. The van der Waals surface area contributed by atoms with Gasteiger partial charge in [-0.1, -0.05) is 79.4 Å². The van der Waals surface area contributed by atoms with Crippen molar-refractivity contribution in [2.45, 2.75) is 46.0 Å². The highest BCUT2D eigenvalue weighted by molar-refractivity contribution is 6.29. The van der Waals surface area contributed by atoms with Crippen molar-refractivity contribution in [1.29, 1.82) is 0 Å². The maximum atomic E-state index is 15.0. The van der Waals surface area contributed by atoms with Crippen molar-refractivity contribution in [3.05, 3.63) is 76.5 Å². The smallest absolute Gasteiger partial charge is 0.285 e. The predicted molar refractivity (Wildman–Crippen MR) is 132 cm³/mol. The van der Waals surface area contributed by atoms with Crippen molar-refractivity contribution < 1.29 is 14.0 Å². The van der Waals surface area contributed by atoms with Gasteiger partial charge in [0.05, 0.1) is 18.0 Å². The van der Waals surface area contributed by atoms with Gasteiger partial charge in [-0.3, -0.25) is 9.79 Å². The van der Waals surface area contributed by atoms with Gasteiger partial charge in [-0.15, -0.1) is 5.12 Å². The first-order valence-corrected chi connectivity index (χ1v) is 11.1. The normalized spacial score (nSPS) is 20.2. The third-order valence-electron chi connectivity index (χ3n) is 5.19. The Labute approximate surface area is 195 Å². The van der Waals surface area contributed by atoms with Gasteiger partial charge >= 0.3 is 0 Å². The number of carbonyl (C=O) groups is 1. The maximum Gasteiger partial charge on any atom is 0.285 e. The van der Waals surface area contributed by atoms with Crippen LogP contribution in [0.2, 0.25) is 0 Å². The number of allylic oxidation sites excluding steroid dienone is 4. The molecule has 0 heterocycles. The topological polar surface area (TPSA) is 41.9 Å². The molecule has 0 radical (unpaired) electrons. The number of methoxy groups -OCH3 is 1. The highest BCUT2D eigenvalue weighted by Crippen LogP contribution is 2.28. The summed E-state index contributed by atoms with van der Waals surface area (Å²) < 4.78 is 20.2. The molecule has 0 fully saturated rings. The van der Waals surface area contributed by atoms with Crippen LogP contribution in [0.4, 0.5) is 10.2 Å². The zero-order valence-electron chi connectivity index (χ0n) is 19.4. The minimum absolute atomic E-state index is 0.181. The van der Waals surface area contributed by atoms with Crippen LogP contribution in [0.15, 0.2) is 75.9 Å². The number of anilines is 1. The van der Waals surface area contributed by atoms with Crippen LogP contribution in [-0.4, -0.2) is 25.8 Å². The molecule has 0 spiro atoms. The second kappa shape index (κ2) is 11.9. The van der Waals surface area contributed by atoms with Gasteiger partial charge in [0, 0.05) is 35.3 Å². The van der Waals surface area contributed by atoms with Crippen LogP contribution >= 0.6 is 11.6 Å². The number of halogens is 2. The summed E-state index contributed by atoms with van der Waals surface area (Å²) in [6.45, 7) is 8.42. The molecule has 32 heavy (non-hydrogen) atoms. The van der Waals surface area contributed by atoms with Gasteiger partial charge in [0.15, 0.2) is 0 Å². The summed E-state index contributed by atoms with van der Waals surface area (Å²) in [7, 11) is 1.65. The van der Waals surface area contributed by atoms with E-state index in [0.29, 0.717) is 23.8 Å². The molecule has 1 atom stereocenters. The molecule has 172 valence electrons. The lowest BCUT2D eigenvalue weighted by atomic mass is 9.85. The standard InChI is InChI=1S/C26H32ClFN2O2/c1-6-17-29-24(19(2)27)20-9-7-8-10-21(12-11-20)25(31)30(28)23-15-13-22(14-16-23)26(3,4)18-32-5/h7,9-17,20H,6,8,18H2,1-5H3/b9-7?,12-11-,21-10+,24-19+,29-17?. The van der Waals surface area contributed by atoms with Gasteiger partial charge in [-0.25, -0.2) is 0 Å². The molecule has 1 aliphatic rings. The minimum atomic E-state index is -0.718.